The van der Waals surface area contributed by atoms with Gasteiger partial charge in [-0.15, -0.1) is 0 Å². The predicted molar refractivity (Wildman–Crippen MR) is 192 cm³/mol. The summed E-state index contributed by atoms with van der Waals surface area (Å²) in [5, 5.41) is 4.33. The summed E-state index contributed by atoms with van der Waals surface area (Å²) in [5.41, 5.74) is 2.12. The summed E-state index contributed by atoms with van der Waals surface area (Å²) in [6.07, 6.45) is 1.74. The number of rotatable bonds is 22. The Bertz CT molecular complexity index is 1710. The quantitative estimate of drug-likeness (QED) is 0.0497. The molecular formula is C39H48O10Si. The lowest BCUT2D eigenvalue weighted by molar-refractivity contribution is 0.0696. The van der Waals surface area contributed by atoms with E-state index in [0.717, 1.165) is 81.9 Å². The van der Waals surface area contributed by atoms with Gasteiger partial charge in [0, 0.05) is 43.4 Å². The summed E-state index contributed by atoms with van der Waals surface area (Å²) < 4.78 is 59.8. The number of hydrogen-bond acceptors (Lipinski definition) is 10. The minimum absolute atomic E-state index is 0.124. The summed E-state index contributed by atoms with van der Waals surface area (Å²) in [4.78, 5) is 0. The zero-order valence-corrected chi connectivity index (χ0v) is 30.3. The Hall–Kier alpha value is -3.42. The molecule has 0 aromatic heterocycles. The van der Waals surface area contributed by atoms with Crippen molar-refractivity contribution in [1.82, 2.24) is 0 Å². The summed E-state index contributed by atoms with van der Waals surface area (Å²) in [6, 6.07) is 21.5. The van der Waals surface area contributed by atoms with Crippen LogP contribution in [-0.4, -0.2) is 93.2 Å². The SMILES string of the molecule is CCO[Si](CCCOc1ccc2ccc(OCC3CO3)c(Cc3c(OCC4CO4)ccc4ccc(OCC5CO5)cc34)c2c1)(OCC)OCC. The highest BCUT2D eigenvalue weighted by atomic mass is 28.4. The summed E-state index contributed by atoms with van der Waals surface area (Å²) >= 11 is 0. The Morgan fingerprint density at radius 3 is 1.48 bits per heavy atom. The first kappa shape index (κ1) is 35.0. The number of hydrogen-bond donors (Lipinski definition) is 0. The van der Waals surface area contributed by atoms with Crippen molar-refractivity contribution in [2.75, 3.05) is 66.1 Å². The van der Waals surface area contributed by atoms with E-state index in [1.54, 1.807) is 0 Å². The Kier molecular flexibility index (Phi) is 11.4. The average molecular weight is 705 g/mol. The van der Waals surface area contributed by atoms with Crippen LogP contribution in [0.3, 0.4) is 0 Å². The van der Waals surface area contributed by atoms with Gasteiger partial charge in [0.2, 0.25) is 0 Å². The highest BCUT2D eigenvalue weighted by Gasteiger charge is 2.39. The van der Waals surface area contributed by atoms with Crippen LogP contribution >= 0.6 is 0 Å². The standard InChI is InChI=1S/C39H48O10Si/c1-4-47-50(48-5-2,49-6-3)17-7-16-40-29-12-8-27-10-14-38(45-25-32-23-43-32)36(34(27)18-29)20-37-35-19-30(41-21-31-22-42-31)13-9-28(35)11-15-39(37)46-26-33-24-44-33/h8-15,18-19,31-33H,4-7,16-17,20-26H2,1-3H3. The second-order valence-electron chi connectivity index (χ2n) is 12.8. The van der Waals surface area contributed by atoms with Gasteiger partial charge in [0.25, 0.3) is 0 Å². The normalized spacial score (nSPS) is 19.5. The molecule has 3 aliphatic heterocycles. The molecule has 4 aromatic rings. The first-order valence-electron chi connectivity index (χ1n) is 18.0. The number of fused-ring (bicyclic) bond motifs is 2. The first-order valence-corrected chi connectivity index (χ1v) is 19.9. The molecular weight excluding hydrogens is 657 g/mol. The molecule has 3 unspecified atom stereocenters. The van der Waals surface area contributed by atoms with Gasteiger partial charge in [-0.25, -0.2) is 0 Å². The molecule has 0 amide bonds. The molecule has 0 radical (unpaired) electrons. The minimum Gasteiger partial charge on any atom is -0.494 e. The lowest BCUT2D eigenvalue weighted by Crippen LogP contribution is -2.46. The maximum Gasteiger partial charge on any atom is 0.501 e. The second kappa shape index (κ2) is 16.3. The topological polar surface area (TPSA) is 102 Å². The van der Waals surface area contributed by atoms with Crippen molar-refractivity contribution in [3.05, 3.63) is 71.8 Å². The maximum atomic E-state index is 6.44. The van der Waals surface area contributed by atoms with E-state index in [4.69, 9.17) is 46.4 Å². The van der Waals surface area contributed by atoms with Gasteiger partial charge < -0.3 is 46.4 Å². The van der Waals surface area contributed by atoms with Crippen molar-refractivity contribution in [2.45, 2.75) is 58.0 Å². The van der Waals surface area contributed by atoms with Crippen LogP contribution in [0.4, 0.5) is 0 Å². The van der Waals surface area contributed by atoms with Crippen LogP contribution in [-0.2, 0) is 33.9 Å². The molecule has 0 bridgehead atoms. The molecule has 50 heavy (non-hydrogen) atoms. The fourth-order valence-corrected chi connectivity index (χ4v) is 8.78. The molecule has 3 aliphatic rings. The Labute approximate surface area is 295 Å². The molecule has 11 heteroatoms. The molecule has 268 valence electrons. The zero-order chi connectivity index (χ0) is 34.3. The van der Waals surface area contributed by atoms with Crippen molar-refractivity contribution < 1.29 is 46.4 Å². The number of epoxide rings is 3. The Morgan fingerprint density at radius 2 is 1.02 bits per heavy atom. The van der Waals surface area contributed by atoms with Gasteiger partial charge in [0.05, 0.1) is 26.4 Å². The smallest absolute Gasteiger partial charge is 0.494 e. The van der Waals surface area contributed by atoms with Gasteiger partial charge >= 0.3 is 8.80 Å². The fourth-order valence-electron chi connectivity index (χ4n) is 6.20. The van der Waals surface area contributed by atoms with Gasteiger partial charge in [-0.05, 0) is 85.1 Å². The number of benzene rings is 4. The Morgan fingerprint density at radius 1 is 0.580 bits per heavy atom. The molecule has 10 nitrogen and oxygen atoms in total. The molecule has 4 aromatic carbocycles. The maximum absolute atomic E-state index is 6.44. The molecule has 3 fully saturated rings. The lowest BCUT2D eigenvalue weighted by atomic mass is 9.93. The van der Waals surface area contributed by atoms with Crippen molar-refractivity contribution in [2.24, 2.45) is 0 Å². The van der Waals surface area contributed by atoms with Crippen LogP contribution in [0.1, 0.15) is 38.3 Å². The molecule has 7 rings (SSSR count). The van der Waals surface area contributed by atoms with Gasteiger partial charge in [0.15, 0.2) is 0 Å². The summed E-state index contributed by atoms with van der Waals surface area (Å²) in [6.45, 7) is 11.8. The molecule has 3 atom stereocenters. The van der Waals surface area contributed by atoms with E-state index in [0.29, 0.717) is 58.7 Å². The third-order valence-electron chi connectivity index (χ3n) is 8.96. The Balaban J connectivity index is 1.19. The van der Waals surface area contributed by atoms with Gasteiger partial charge in [-0.3, -0.25) is 0 Å². The van der Waals surface area contributed by atoms with Gasteiger partial charge in [-0.2, -0.15) is 0 Å². The molecule has 3 heterocycles. The van der Waals surface area contributed by atoms with Crippen LogP contribution in [0.2, 0.25) is 6.04 Å². The van der Waals surface area contributed by atoms with Crippen LogP contribution in [0.5, 0.6) is 23.0 Å². The third-order valence-corrected chi connectivity index (χ3v) is 12.1. The van der Waals surface area contributed by atoms with Crippen molar-refractivity contribution in [1.29, 1.82) is 0 Å². The molecule has 0 spiro atoms. The van der Waals surface area contributed by atoms with E-state index in [1.807, 2.05) is 32.9 Å². The van der Waals surface area contributed by atoms with Crippen LogP contribution < -0.4 is 18.9 Å². The van der Waals surface area contributed by atoms with Crippen molar-refractivity contribution in [3.8, 4) is 23.0 Å². The molecule has 0 saturated carbocycles. The lowest BCUT2D eigenvalue weighted by Gasteiger charge is -2.28. The van der Waals surface area contributed by atoms with Crippen LogP contribution in [0.25, 0.3) is 21.5 Å². The molecule has 0 aliphatic carbocycles. The molecule has 3 saturated heterocycles. The van der Waals surface area contributed by atoms with Gasteiger partial charge in [0.1, 0.15) is 61.1 Å². The second-order valence-corrected chi connectivity index (χ2v) is 15.5. The largest absolute Gasteiger partial charge is 0.501 e. The fraction of sp³-hybridized carbons (Fsp3) is 0.487. The van der Waals surface area contributed by atoms with E-state index in [9.17, 15) is 0 Å². The first-order chi connectivity index (χ1) is 24.6. The number of ether oxygens (including phenoxy) is 7. The summed E-state index contributed by atoms with van der Waals surface area (Å²) in [7, 11) is -2.74. The summed E-state index contributed by atoms with van der Waals surface area (Å²) in [5.74, 6) is 3.23. The highest BCUT2D eigenvalue weighted by Crippen LogP contribution is 2.39. The van der Waals surface area contributed by atoms with E-state index < -0.39 is 8.80 Å². The highest BCUT2D eigenvalue weighted by molar-refractivity contribution is 6.60. The van der Waals surface area contributed by atoms with Gasteiger partial charge in [-0.1, -0.05) is 24.3 Å². The minimum atomic E-state index is -2.74. The monoisotopic (exact) mass is 704 g/mol. The van der Waals surface area contributed by atoms with E-state index in [2.05, 4.69) is 48.5 Å². The van der Waals surface area contributed by atoms with Crippen LogP contribution in [0.15, 0.2) is 60.7 Å². The predicted octanol–water partition coefficient (Wildman–Crippen LogP) is 6.73. The van der Waals surface area contributed by atoms with E-state index in [1.165, 1.54) is 0 Å². The van der Waals surface area contributed by atoms with Crippen LogP contribution in [0, 0.1) is 0 Å². The molecule has 0 N–H and O–H groups in total. The zero-order valence-electron chi connectivity index (χ0n) is 29.3. The van der Waals surface area contributed by atoms with E-state index in [-0.39, 0.29) is 18.3 Å². The third kappa shape index (κ3) is 9.08. The van der Waals surface area contributed by atoms with E-state index >= 15 is 0 Å². The van der Waals surface area contributed by atoms with Crippen molar-refractivity contribution >= 4 is 30.3 Å². The van der Waals surface area contributed by atoms with Crippen molar-refractivity contribution in [3.63, 3.8) is 0 Å². The average Bonchev–Trinajstić information content (AvgIpc) is 3.97.